The van der Waals surface area contributed by atoms with E-state index in [4.69, 9.17) is 10.4 Å². The third-order valence-corrected chi connectivity index (χ3v) is 3.25. The fourth-order valence-corrected chi connectivity index (χ4v) is 2.27. The lowest BCUT2D eigenvalue weighted by Gasteiger charge is -2.04. The van der Waals surface area contributed by atoms with Crippen molar-refractivity contribution >= 4 is 17.7 Å². The summed E-state index contributed by atoms with van der Waals surface area (Å²) in [7, 11) is 0. The molecular formula is C13H8N2O2S. The van der Waals surface area contributed by atoms with Crippen molar-refractivity contribution in [2.75, 3.05) is 0 Å². The predicted molar refractivity (Wildman–Crippen MR) is 66.5 cm³/mol. The molecule has 1 aromatic carbocycles. The molecular weight excluding hydrogens is 248 g/mol. The first-order chi connectivity index (χ1) is 8.70. The summed E-state index contributed by atoms with van der Waals surface area (Å²) in [4.78, 5) is 16.4. The van der Waals surface area contributed by atoms with Crippen LogP contribution >= 0.6 is 11.8 Å². The standard InChI is InChI=1S/C13H8N2O2S/c14-7-9-5-6-10(8-15-9)18-12-4-2-1-3-11(12)13(16)17/h1-6,8H,(H,16,17). The Bertz CT molecular complexity index is 618. The van der Waals surface area contributed by atoms with Gasteiger partial charge >= 0.3 is 5.97 Å². The van der Waals surface area contributed by atoms with Gasteiger partial charge in [0.15, 0.2) is 0 Å². The molecule has 2 aromatic rings. The normalized spacial score (nSPS) is 9.72. The summed E-state index contributed by atoms with van der Waals surface area (Å²) in [5.41, 5.74) is 0.595. The smallest absolute Gasteiger partial charge is 0.336 e. The Kier molecular flexibility index (Phi) is 3.60. The van der Waals surface area contributed by atoms with E-state index in [1.807, 2.05) is 6.07 Å². The van der Waals surface area contributed by atoms with E-state index in [1.165, 1.54) is 11.8 Å². The number of nitriles is 1. The van der Waals surface area contributed by atoms with E-state index in [2.05, 4.69) is 4.98 Å². The molecule has 2 rings (SSSR count). The van der Waals surface area contributed by atoms with Crippen LogP contribution in [0.1, 0.15) is 16.1 Å². The molecule has 5 heteroatoms. The third kappa shape index (κ3) is 2.67. The van der Waals surface area contributed by atoms with Gasteiger partial charge in [-0.25, -0.2) is 9.78 Å². The van der Waals surface area contributed by atoms with Gasteiger partial charge in [-0.15, -0.1) is 0 Å². The van der Waals surface area contributed by atoms with Crippen LogP contribution in [0.2, 0.25) is 0 Å². The number of hydrogen-bond acceptors (Lipinski definition) is 4. The molecule has 0 saturated carbocycles. The maximum atomic E-state index is 11.0. The first kappa shape index (κ1) is 12.1. The van der Waals surface area contributed by atoms with Crippen LogP contribution in [0.15, 0.2) is 52.4 Å². The van der Waals surface area contributed by atoms with Crippen LogP contribution in [0.3, 0.4) is 0 Å². The second-order valence-electron chi connectivity index (χ2n) is 3.39. The highest BCUT2D eigenvalue weighted by Gasteiger charge is 2.10. The molecule has 0 aliphatic rings. The molecule has 0 amide bonds. The minimum absolute atomic E-state index is 0.256. The van der Waals surface area contributed by atoms with Gasteiger partial charge in [-0.05, 0) is 24.3 Å². The van der Waals surface area contributed by atoms with Gasteiger partial charge < -0.3 is 5.11 Å². The highest BCUT2D eigenvalue weighted by Crippen LogP contribution is 2.29. The maximum Gasteiger partial charge on any atom is 0.336 e. The van der Waals surface area contributed by atoms with Crippen LogP contribution in [-0.4, -0.2) is 16.1 Å². The maximum absolute atomic E-state index is 11.0. The molecule has 0 unspecified atom stereocenters. The predicted octanol–water partition coefficient (Wildman–Crippen LogP) is 2.80. The number of carboxylic acids is 1. The van der Waals surface area contributed by atoms with Gasteiger partial charge in [0.05, 0.1) is 5.56 Å². The second kappa shape index (κ2) is 5.34. The van der Waals surface area contributed by atoms with Crippen molar-refractivity contribution in [3.63, 3.8) is 0 Å². The lowest BCUT2D eigenvalue weighted by atomic mass is 10.2. The summed E-state index contributed by atoms with van der Waals surface area (Å²) in [6, 6.07) is 12.0. The molecule has 0 fully saturated rings. The molecule has 4 nitrogen and oxygen atoms in total. The van der Waals surface area contributed by atoms with Crippen molar-refractivity contribution in [1.82, 2.24) is 4.98 Å². The van der Waals surface area contributed by atoms with Crippen molar-refractivity contribution in [2.45, 2.75) is 9.79 Å². The van der Waals surface area contributed by atoms with Gasteiger partial charge in [0.25, 0.3) is 0 Å². The third-order valence-electron chi connectivity index (χ3n) is 2.20. The van der Waals surface area contributed by atoms with Gasteiger partial charge in [0.2, 0.25) is 0 Å². The van der Waals surface area contributed by atoms with Gasteiger partial charge in [-0.3, -0.25) is 0 Å². The van der Waals surface area contributed by atoms with E-state index in [0.717, 1.165) is 4.90 Å². The van der Waals surface area contributed by atoms with Gasteiger partial charge in [-0.2, -0.15) is 5.26 Å². The van der Waals surface area contributed by atoms with E-state index < -0.39 is 5.97 Å². The Balaban J connectivity index is 2.28. The lowest BCUT2D eigenvalue weighted by Crippen LogP contribution is -1.98. The largest absolute Gasteiger partial charge is 0.478 e. The topological polar surface area (TPSA) is 74.0 Å². The van der Waals surface area contributed by atoms with Crippen molar-refractivity contribution < 1.29 is 9.90 Å². The first-order valence-electron chi connectivity index (χ1n) is 5.07. The molecule has 0 spiro atoms. The summed E-state index contributed by atoms with van der Waals surface area (Å²) < 4.78 is 0. The van der Waals surface area contributed by atoms with Crippen LogP contribution in [0.5, 0.6) is 0 Å². The van der Waals surface area contributed by atoms with Crippen LogP contribution in [0.25, 0.3) is 0 Å². The monoisotopic (exact) mass is 256 g/mol. The molecule has 1 heterocycles. The molecule has 1 N–H and O–H groups in total. The molecule has 0 bridgehead atoms. The van der Waals surface area contributed by atoms with E-state index in [-0.39, 0.29) is 5.56 Å². The average Bonchev–Trinajstić information content (AvgIpc) is 2.40. The second-order valence-corrected chi connectivity index (χ2v) is 4.51. The molecule has 0 atom stereocenters. The fraction of sp³-hybridized carbons (Fsp3) is 0. The molecule has 1 aromatic heterocycles. The fourth-order valence-electron chi connectivity index (χ4n) is 1.37. The molecule has 0 radical (unpaired) electrons. The number of benzene rings is 1. The molecule has 0 aliphatic heterocycles. The van der Waals surface area contributed by atoms with Crippen LogP contribution < -0.4 is 0 Å². The number of aromatic carboxylic acids is 1. The number of nitrogens with zero attached hydrogens (tertiary/aromatic N) is 2. The summed E-state index contributed by atoms with van der Waals surface area (Å²) in [6.45, 7) is 0. The van der Waals surface area contributed by atoms with Crippen LogP contribution in [-0.2, 0) is 0 Å². The minimum Gasteiger partial charge on any atom is -0.478 e. The van der Waals surface area contributed by atoms with Gasteiger partial charge in [-0.1, -0.05) is 23.9 Å². The Morgan fingerprint density at radius 3 is 2.67 bits per heavy atom. The highest BCUT2D eigenvalue weighted by molar-refractivity contribution is 7.99. The van der Waals surface area contributed by atoms with Crippen molar-refractivity contribution in [3.05, 3.63) is 53.9 Å². The Hall–Kier alpha value is -2.32. The Morgan fingerprint density at radius 1 is 1.28 bits per heavy atom. The van der Waals surface area contributed by atoms with E-state index in [1.54, 1.807) is 42.6 Å². The van der Waals surface area contributed by atoms with Crippen LogP contribution in [0, 0.1) is 11.3 Å². The van der Waals surface area contributed by atoms with Crippen molar-refractivity contribution in [3.8, 4) is 6.07 Å². The number of aromatic nitrogens is 1. The average molecular weight is 256 g/mol. The number of carbonyl (C=O) groups is 1. The summed E-state index contributed by atoms with van der Waals surface area (Å²) >= 11 is 1.31. The van der Waals surface area contributed by atoms with E-state index in [9.17, 15) is 4.79 Å². The zero-order valence-corrected chi connectivity index (χ0v) is 10.0. The zero-order valence-electron chi connectivity index (χ0n) is 9.20. The van der Waals surface area contributed by atoms with Gasteiger partial charge in [0.1, 0.15) is 11.8 Å². The zero-order chi connectivity index (χ0) is 13.0. The summed E-state index contributed by atoms with van der Waals surface area (Å²) in [6.07, 6.45) is 1.56. The van der Waals surface area contributed by atoms with Crippen LogP contribution in [0.4, 0.5) is 0 Å². The number of pyridine rings is 1. The van der Waals surface area contributed by atoms with Crippen molar-refractivity contribution in [2.24, 2.45) is 0 Å². The summed E-state index contributed by atoms with van der Waals surface area (Å²) in [5, 5.41) is 17.7. The molecule has 0 aliphatic carbocycles. The SMILES string of the molecule is N#Cc1ccc(Sc2ccccc2C(=O)O)cn1. The quantitative estimate of drug-likeness (QED) is 0.914. The first-order valence-corrected chi connectivity index (χ1v) is 5.88. The molecule has 0 saturated heterocycles. The lowest BCUT2D eigenvalue weighted by molar-refractivity contribution is 0.0693. The van der Waals surface area contributed by atoms with E-state index in [0.29, 0.717) is 10.6 Å². The van der Waals surface area contributed by atoms with Crippen molar-refractivity contribution in [1.29, 1.82) is 5.26 Å². The summed E-state index contributed by atoms with van der Waals surface area (Å²) in [5.74, 6) is -0.959. The number of rotatable bonds is 3. The minimum atomic E-state index is -0.959. The van der Waals surface area contributed by atoms with E-state index >= 15 is 0 Å². The highest BCUT2D eigenvalue weighted by atomic mass is 32.2. The number of hydrogen-bond donors (Lipinski definition) is 1. The number of carboxylic acid groups (broad SMARTS) is 1. The Morgan fingerprint density at radius 2 is 2.06 bits per heavy atom. The van der Waals surface area contributed by atoms with Gasteiger partial charge in [0, 0.05) is 16.0 Å². The Labute approximate surface area is 108 Å². The molecule has 88 valence electrons. The molecule has 18 heavy (non-hydrogen) atoms.